The van der Waals surface area contributed by atoms with Gasteiger partial charge in [-0.2, -0.15) is 0 Å². The molecule has 0 aliphatic carbocycles. The summed E-state index contributed by atoms with van der Waals surface area (Å²) in [6.45, 7) is 0. The molecule has 0 bridgehead atoms. The average Bonchev–Trinajstić information content (AvgIpc) is 2.55. The highest BCUT2D eigenvalue weighted by Gasteiger charge is 2.24. The highest BCUT2D eigenvalue weighted by atomic mass is 35.5. The smallest absolute Gasteiger partial charge is 0.249 e. The van der Waals surface area contributed by atoms with E-state index in [-0.39, 0.29) is 0 Å². The normalized spacial score (nSPS) is 13.2. The lowest BCUT2D eigenvalue weighted by atomic mass is 10.1. The van der Waals surface area contributed by atoms with Gasteiger partial charge in [-0.05, 0) is 11.1 Å². The molecule has 0 aliphatic rings. The Labute approximate surface area is 132 Å². The highest BCUT2D eigenvalue weighted by molar-refractivity contribution is 6.35. The van der Waals surface area contributed by atoms with Crippen LogP contribution in [0.4, 0.5) is 0 Å². The van der Waals surface area contributed by atoms with Gasteiger partial charge < -0.3 is 0 Å². The summed E-state index contributed by atoms with van der Waals surface area (Å²) in [6, 6.07) is 17.6. The van der Waals surface area contributed by atoms with Crippen molar-refractivity contribution in [3.63, 3.8) is 0 Å². The highest BCUT2D eigenvalue weighted by Crippen LogP contribution is 2.23. The van der Waals surface area contributed by atoms with Gasteiger partial charge in [0.2, 0.25) is 11.8 Å². The zero-order valence-corrected chi connectivity index (χ0v) is 12.5. The molecule has 0 radical (unpaired) electrons. The number of imide groups is 1. The fraction of sp³-hybridized carbons (Fsp3) is 0.125. The van der Waals surface area contributed by atoms with Crippen LogP contribution in [0.3, 0.4) is 0 Å². The largest absolute Gasteiger partial charge is 0.293 e. The molecule has 0 fully saturated rings. The first-order valence-electron chi connectivity index (χ1n) is 6.32. The topological polar surface area (TPSA) is 46.2 Å². The van der Waals surface area contributed by atoms with Gasteiger partial charge in [-0.3, -0.25) is 14.9 Å². The number of benzene rings is 2. The first-order chi connectivity index (χ1) is 10.1. The van der Waals surface area contributed by atoms with Gasteiger partial charge in [0.05, 0.1) is 0 Å². The monoisotopic (exact) mass is 321 g/mol. The van der Waals surface area contributed by atoms with Crippen molar-refractivity contribution in [1.29, 1.82) is 0 Å². The Morgan fingerprint density at radius 2 is 1.05 bits per heavy atom. The molecule has 21 heavy (non-hydrogen) atoms. The van der Waals surface area contributed by atoms with Crippen LogP contribution in [0.15, 0.2) is 60.7 Å². The van der Waals surface area contributed by atoms with Crippen LogP contribution in [0.1, 0.15) is 21.9 Å². The maximum Gasteiger partial charge on any atom is 0.249 e. The predicted molar refractivity (Wildman–Crippen MR) is 83.2 cm³/mol. The zero-order chi connectivity index (χ0) is 15.2. The minimum atomic E-state index is -0.935. The summed E-state index contributed by atoms with van der Waals surface area (Å²) in [6.07, 6.45) is 0. The molecule has 2 unspecified atom stereocenters. The lowest BCUT2D eigenvalue weighted by molar-refractivity contribution is -0.130. The molecule has 0 saturated carbocycles. The molecule has 2 aromatic rings. The minimum Gasteiger partial charge on any atom is -0.293 e. The number of amides is 2. The quantitative estimate of drug-likeness (QED) is 0.875. The minimum absolute atomic E-state index is 0.588. The van der Waals surface area contributed by atoms with Crippen molar-refractivity contribution in [2.45, 2.75) is 10.8 Å². The van der Waals surface area contributed by atoms with Gasteiger partial charge in [0.25, 0.3) is 0 Å². The molecule has 5 heteroatoms. The van der Waals surface area contributed by atoms with E-state index in [4.69, 9.17) is 23.2 Å². The van der Waals surface area contributed by atoms with Crippen molar-refractivity contribution in [1.82, 2.24) is 5.32 Å². The average molecular weight is 322 g/mol. The summed E-state index contributed by atoms with van der Waals surface area (Å²) in [4.78, 5) is 23.9. The molecule has 2 amide bonds. The van der Waals surface area contributed by atoms with E-state index in [2.05, 4.69) is 5.32 Å². The van der Waals surface area contributed by atoms with Gasteiger partial charge in [-0.25, -0.2) is 0 Å². The maximum absolute atomic E-state index is 12.0. The van der Waals surface area contributed by atoms with Gasteiger partial charge in [0, 0.05) is 0 Å². The zero-order valence-electron chi connectivity index (χ0n) is 11.0. The van der Waals surface area contributed by atoms with Gasteiger partial charge in [-0.15, -0.1) is 23.2 Å². The van der Waals surface area contributed by atoms with Gasteiger partial charge >= 0.3 is 0 Å². The molecule has 1 N–H and O–H groups in total. The number of hydrogen-bond donors (Lipinski definition) is 1. The molecule has 0 aromatic heterocycles. The third-order valence-electron chi connectivity index (χ3n) is 2.89. The van der Waals surface area contributed by atoms with Crippen molar-refractivity contribution in [2.24, 2.45) is 0 Å². The second kappa shape index (κ2) is 7.25. The Kier molecular flexibility index (Phi) is 5.37. The molecular weight excluding hydrogens is 309 g/mol. The summed E-state index contributed by atoms with van der Waals surface area (Å²) in [5.41, 5.74) is 1.24. The third kappa shape index (κ3) is 4.06. The summed E-state index contributed by atoms with van der Waals surface area (Å²) >= 11 is 12.1. The molecule has 0 heterocycles. The van der Waals surface area contributed by atoms with E-state index >= 15 is 0 Å². The van der Waals surface area contributed by atoms with Crippen LogP contribution in [0.5, 0.6) is 0 Å². The summed E-state index contributed by atoms with van der Waals surface area (Å²) in [5, 5.41) is 0.364. The van der Waals surface area contributed by atoms with Crippen molar-refractivity contribution in [3.8, 4) is 0 Å². The number of nitrogens with one attached hydrogen (secondary N) is 1. The second-order valence-corrected chi connectivity index (χ2v) is 5.27. The number of alkyl halides is 2. The number of halogens is 2. The van der Waals surface area contributed by atoms with E-state index < -0.39 is 22.6 Å². The van der Waals surface area contributed by atoms with Crippen LogP contribution in [0.2, 0.25) is 0 Å². The van der Waals surface area contributed by atoms with E-state index in [1.165, 1.54) is 0 Å². The number of carbonyl (C=O) groups is 2. The molecule has 2 rings (SSSR count). The van der Waals surface area contributed by atoms with Crippen LogP contribution in [0, 0.1) is 0 Å². The lowest BCUT2D eigenvalue weighted by Crippen LogP contribution is -2.35. The Morgan fingerprint density at radius 3 is 1.38 bits per heavy atom. The van der Waals surface area contributed by atoms with E-state index in [0.717, 1.165) is 0 Å². The third-order valence-corrected chi connectivity index (χ3v) is 3.79. The van der Waals surface area contributed by atoms with Gasteiger partial charge in [-0.1, -0.05) is 60.7 Å². The predicted octanol–water partition coefficient (Wildman–Crippen LogP) is 3.59. The lowest BCUT2D eigenvalue weighted by Gasteiger charge is -2.13. The number of hydrogen-bond acceptors (Lipinski definition) is 2. The van der Waals surface area contributed by atoms with E-state index in [0.29, 0.717) is 11.1 Å². The molecule has 108 valence electrons. The van der Waals surface area contributed by atoms with Crippen LogP contribution in [-0.4, -0.2) is 11.8 Å². The summed E-state index contributed by atoms with van der Waals surface area (Å²) < 4.78 is 0. The maximum atomic E-state index is 12.0. The first kappa shape index (κ1) is 15.5. The first-order valence-corrected chi connectivity index (χ1v) is 7.19. The second-order valence-electron chi connectivity index (χ2n) is 4.40. The van der Waals surface area contributed by atoms with Crippen molar-refractivity contribution >= 4 is 35.0 Å². The van der Waals surface area contributed by atoms with Crippen LogP contribution in [-0.2, 0) is 9.59 Å². The van der Waals surface area contributed by atoms with E-state index in [1.807, 2.05) is 12.1 Å². The molecule has 0 saturated heterocycles. The molecule has 2 atom stereocenters. The number of rotatable bonds is 4. The molecule has 0 spiro atoms. The molecule has 3 nitrogen and oxygen atoms in total. The SMILES string of the molecule is O=C(NC(=O)C(Cl)c1ccccc1)C(Cl)c1ccccc1. The van der Waals surface area contributed by atoms with Gasteiger partial charge in [0.15, 0.2) is 0 Å². The van der Waals surface area contributed by atoms with Crippen molar-refractivity contribution < 1.29 is 9.59 Å². The van der Waals surface area contributed by atoms with E-state index in [1.54, 1.807) is 48.5 Å². The van der Waals surface area contributed by atoms with Gasteiger partial charge in [0.1, 0.15) is 10.8 Å². The fourth-order valence-electron chi connectivity index (χ4n) is 1.79. The Hall–Kier alpha value is -1.84. The van der Waals surface area contributed by atoms with Crippen LogP contribution >= 0.6 is 23.2 Å². The Morgan fingerprint density at radius 1 is 0.714 bits per heavy atom. The Bertz CT molecular complexity index is 561. The standard InChI is InChI=1S/C16H13Cl2NO2/c17-13(11-7-3-1-4-8-11)15(20)19-16(21)14(18)12-9-5-2-6-10-12/h1-10,13-14H,(H,19,20,21). The summed E-state index contributed by atoms with van der Waals surface area (Å²) in [5.74, 6) is -1.18. The Balaban J connectivity index is 2.01. The molecule has 0 aliphatic heterocycles. The fourth-order valence-corrected chi connectivity index (χ4v) is 2.19. The van der Waals surface area contributed by atoms with Crippen LogP contribution in [0.25, 0.3) is 0 Å². The van der Waals surface area contributed by atoms with E-state index in [9.17, 15) is 9.59 Å². The summed E-state index contributed by atoms with van der Waals surface area (Å²) in [7, 11) is 0. The van der Waals surface area contributed by atoms with Crippen molar-refractivity contribution in [2.75, 3.05) is 0 Å². The molecular formula is C16H13Cl2NO2. The van der Waals surface area contributed by atoms with Crippen LogP contribution < -0.4 is 5.32 Å². The number of carbonyl (C=O) groups excluding carboxylic acids is 2. The molecule has 2 aromatic carbocycles. The van der Waals surface area contributed by atoms with Crippen molar-refractivity contribution in [3.05, 3.63) is 71.8 Å².